The maximum atomic E-state index is 9.00. The average molecular weight is 256 g/mol. The Kier molecular flexibility index (Phi) is 3.81. The summed E-state index contributed by atoms with van der Waals surface area (Å²) in [5, 5.41) is 9.00. The van der Waals surface area contributed by atoms with Crippen LogP contribution in [0.3, 0.4) is 0 Å². The molecule has 18 heavy (non-hydrogen) atoms. The van der Waals surface area contributed by atoms with Crippen molar-refractivity contribution in [2.24, 2.45) is 0 Å². The van der Waals surface area contributed by atoms with Crippen molar-refractivity contribution in [1.29, 1.82) is 5.26 Å². The Bertz CT molecular complexity index is 591. The molecule has 0 bridgehead atoms. The summed E-state index contributed by atoms with van der Waals surface area (Å²) in [6.45, 7) is 2.96. The fourth-order valence-corrected chi connectivity index (χ4v) is 2.88. The molecule has 0 atom stereocenters. The quantitative estimate of drug-likeness (QED) is 0.838. The third-order valence-corrected chi connectivity index (χ3v) is 3.76. The maximum absolute atomic E-state index is 9.00. The molecular weight excluding hydrogens is 240 g/mol. The number of thiophene rings is 1. The Hall–Kier alpha value is -1.63. The molecule has 2 aromatic rings. The van der Waals surface area contributed by atoms with Gasteiger partial charge in [0, 0.05) is 16.3 Å². The molecule has 0 radical (unpaired) electrons. The first-order valence-electron chi connectivity index (χ1n) is 5.84. The van der Waals surface area contributed by atoms with Crippen LogP contribution in [0.1, 0.15) is 16.0 Å². The minimum Gasteiger partial charge on any atom is -0.305 e. The molecule has 0 N–H and O–H groups in total. The van der Waals surface area contributed by atoms with E-state index in [0.29, 0.717) is 0 Å². The Morgan fingerprint density at radius 1 is 1.22 bits per heavy atom. The fraction of sp³-hybridized carbons (Fsp3) is 0.267. The van der Waals surface area contributed by atoms with Crippen LogP contribution < -0.4 is 0 Å². The van der Waals surface area contributed by atoms with Crippen LogP contribution in [0.4, 0.5) is 0 Å². The zero-order valence-corrected chi connectivity index (χ0v) is 11.7. The second kappa shape index (κ2) is 5.34. The molecule has 0 spiro atoms. The molecular formula is C15H16N2S. The zero-order chi connectivity index (χ0) is 13.1. The smallest absolute Gasteiger partial charge is 0.0991 e. The van der Waals surface area contributed by atoms with Gasteiger partial charge in [0.1, 0.15) is 0 Å². The van der Waals surface area contributed by atoms with Gasteiger partial charge in [-0.1, -0.05) is 6.07 Å². The van der Waals surface area contributed by atoms with Gasteiger partial charge in [0.25, 0.3) is 0 Å². The molecule has 1 aromatic heterocycles. The van der Waals surface area contributed by atoms with Crippen molar-refractivity contribution in [1.82, 2.24) is 4.90 Å². The van der Waals surface area contributed by atoms with E-state index in [2.05, 4.69) is 36.1 Å². The zero-order valence-electron chi connectivity index (χ0n) is 10.9. The highest BCUT2D eigenvalue weighted by atomic mass is 32.1. The number of benzene rings is 1. The number of hydrogen-bond donors (Lipinski definition) is 0. The number of hydrogen-bond acceptors (Lipinski definition) is 3. The lowest BCUT2D eigenvalue weighted by Gasteiger charge is -2.13. The van der Waals surface area contributed by atoms with Crippen molar-refractivity contribution < 1.29 is 0 Å². The largest absolute Gasteiger partial charge is 0.305 e. The summed E-state index contributed by atoms with van der Waals surface area (Å²) in [5.41, 5.74) is 3.17. The van der Waals surface area contributed by atoms with E-state index in [-0.39, 0.29) is 0 Å². The number of rotatable bonds is 3. The first kappa shape index (κ1) is 12.8. The maximum Gasteiger partial charge on any atom is 0.0991 e. The monoisotopic (exact) mass is 256 g/mol. The van der Waals surface area contributed by atoms with Gasteiger partial charge in [-0.2, -0.15) is 5.26 Å². The highest BCUT2D eigenvalue weighted by Crippen LogP contribution is 2.31. The molecule has 0 saturated heterocycles. The lowest BCUT2D eigenvalue weighted by molar-refractivity contribution is 0.403. The highest BCUT2D eigenvalue weighted by molar-refractivity contribution is 7.15. The van der Waals surface area contributed by atoms with Gasteiger partial charge < -0.3 is 4.90 Å². The van der Waals surface area contributed by atoms with Gasteiger partial charge in [-0.05, 0) is 56.4 Å². The van der Waals surface area contributed by atoms with Crippen molar-refractivity contribution >= 4 is 11.3 Å². The summed E-state index contributed by atoms with van der Waals surface area (Å²) < 4.78 is 0. The molecule has 3 heteroatoms. The van der Waals surface area contributed by atoms with Gasteiger partial charge in [-0.3, -0.25) is 0 Å². The van der Waals surface area contributed by atoms with Gasteiger partial charge >= 0.3 is 0 Å². The van der Waals surface area contributed by atoms with Crippen LogP contribution in [0.25, 0.3) is 10.4 Å². The van der Waals surface area contributed by atoms with Gasteiger partial charge in [0.15, 0.2) is 0 Å². The molecule has 2 nitrogen and oxygen atoms in total. The fourth-order valence-electron chi connectivity index (χ4n) is 1.95. The molecule has 0 aliphatic rings. The van der Waals surface area contributed by atoms with Gasteiger partial charge in [-0.25, -0.2) is 0 Å². The van der Waals surface area contributed by atoms with Gasteiger partial charge in [0.2, 0.25) is 0 Å². The van der Waals surface area contributed by atoms with Crippen LogP contribution in [0.5, 0.6) is 0 Å². The SMILES string of the molecule is Cc1ccc(-c2ccc(C#N)cc2CN(C)C)s1. The Labute approximate surface area is 112 Å². The summed E-state index contributed by atoms with van der Waals surface area (Å²) in [7, 11) is 4.09. The summed E-state index contributed by atoms with van der Waals surface area (Å²) in [6.07, 6.45) is 0. The van der Waals surface area contributed by atoms with Crippen molar-refractivity contribution in [2.75, 3.05) is 14.1 Å². The van der Waals surface area contributed by atoms with Crippen molar-refractivity contribution in [3.8, 4) is 16.5 Å². The molecule has 0 fully saturated rings. The van der Waals surface area contributed by atoms with E-state index in [1.807, 2.05) is 26.2 Å². The summed E-state index contributed by atoms with van der Waals surface area (Å²) in [6, 6.07) is 12.4. The van der Waals surface area contributed by atoms with E-state index < -0.39 is 0 Å². The molecule has 0 aliphatic carbocycles. The lowest BCUT2D eigenvalue weighted by Crippen LogP contribution is -2.11. The standard InChI is InChI=1S/C15H16N2S/c1-11-4-7-15(18-11)14-6-5-12(9-16)8-13(14)10-17(2)3/h4-8H,10H2,1-3H3. The molecule has 0 unspecified atom stereocenters. The molecule has 0 aliphatic heterocycles. The van der Waals surface area contributed by atoms with Crippen molar-refractivity contribution in [3.05, 3.63) is 46.3 Å². The van der Waals surface area contributed by atoms with Gasteiger partial charge in [0.05, 0.1) is 11.6 Å². The topological polar surface area (TPSA) is 27.0 Å². The minimum atomic E-state index is 0.726. The van der Waals surface area contributed by atoms with Gasteiger partial charge in [-0.15, -0.1) is 11.3 Å². The Balaban J connectivity index is 2.49. The molecule has 2 rings (SSSR count). The van der Waals surface area contributed by atoms with E-state index in [9.17, 15) is 0 Å². The van der Waals surface area contributed by atoms with Crippen LogP contribution in [-0.4, -0.2) is 19.0 Å². The molecule has 1 heterocycles. The molecule has 0 amide bonds. The van der Waals surface area contributed by atoms with Crippen LogP contribution in [0, 0.1) is 18.3 Å². The average Bonchev–Trinajstić information content (AvgIpc) is 2.74. The van der Waals surface area contributed by atoms with E-state index in [1.165, 1.54) is 20.9 Å². The van der Waals surface area contributed by atoms with E-state index >= 15 is 0 Å². The third kappa shape index (κ3) is 2.79. The molecule has 1 aromatic carbocycles. The second-order valence-electron chi connectivity index (χ2n) is 4.63. The molecule has 92 valence electrons. The van der Waals surface area contributed by atoms with E-state index in [4.69, 9.17) is 5.26 Å². The highest BCUT2D eigenvalue weighted by Gasteiger charge is 2.09. The Morgan fingerprint density at radius 3 is 2.56 bits per heavy atom. The number of nitrogens with zero attached hydrogens (tertiary/aromatic N) is 2. The third-order valence-electron chi connectivity index (χ3n) is 2.73. The van der Waals surface area contributed by atoms with Crippen LogP contribution in [-0.2, 0) is 6.54 Å². The molecule has 0 saturated carbocycles. The van der Waals surface area contributed by atoms with E-state index in [0.717, 1.165) is 12.1 Å². The van der Waals surface area contributed by atoms with Crippen LogP contribution >= 0.6 is 11.3 Å². The summed E-state index contributed by atoms with van der Waals surface area (Å²) in [5.74, 6) is 0. The number of aryl methyl sites for hydroxylation is 1. The van der Waals surface area contributed by atoms with Crippen LogP contribution in [0.15, 0.2) is 30.3 Å². The lowest BCUT2D eigenvalue weighted by atomic mass is 10.0. The normalized spacial score (nSPS) is 10.6. The summed E-state index contributed by atoms with van der Waals surface area (Å²) in [4.78, 5) is 4.71. The van der Waals surface area contributed by atoms with Crippen molar-refractivity contribution in [2.45, 2.75) is 13.5 Å². The van der Waals surface area contributed by atoms with Crippen molar-refractivity contribution in [3.63, 3.8) is 0 Å². The van der Waals surface area contributed by atoms with E-state index in [1.54, 1.807) is 11.3 Å². The second-order valence-corrected chi connectivity index (χ2v) is 5.92. The summed E-state index contributed by atoms with van der Waals surface area (Å²) >= 11 is 1.79. The Morgan fingerprint density at radius 2 is 2.00 bits per heavy atom. The number of nitriles is 1. The van der Waals surface area contributed by atoms with Crippen LogP contribution in [0.2, 0.25) is 0 Å². The predicted molar refractivity (Wildman–Crippen MR) is 76.6 cm³/mol. The first-order valence-corrected chi connectivity index (χ1v) is 6.66. The minimum absolute atomic E-state index is 0.726. The predicted octanol–water partition coefficient (Wildman–Crippen LogP) is 3.66. The first-order chi connectivity index (χ1) is 8.60.